The fraction of sp³-hybridized carbons (Fsp3) is 0.0714. The molecule has 3 nitrogen and oxygen atoms in total. The lowest BCUT2D eigenvalue weighted by Gasteiger charge is -2.23. The zero-order valence-electron chi connectivity index (χ0n) is 17.8. The minimum Gasteiger partial charge on any atom is -0.257 e. The molecule has 0 fully saturated rings. The summed E-state index contributed by atoms with van der Waals surface area (Å²) in [5.41, 5.74) is 5.84. The van der Waals surface area contributed by atoms with E-state index in [1.54, 1.807) is 0 Å². The zero-order valence-corrected chi connectivity index (χ0v) is 18.5. The Bertz CT molecular complexity index is 1300. The van der Waals surface area contributed by atoms with E-state index in [2.05, 4.69) is 11.1 Å². The van der Waals surface area contributed by atoms with Crippen molar-refractivity contribution in [2.45, 2.75) is 12.5 Å². The molecule has 0 spiro atoms. The molecule has 0 saturated carbocycles. The first-order valence-corrected chi connectivity index (χ1v) is 11.1. The van der Waals surface area contributed by atoms with Crippen LogP contribution in [0.3, 0.4) is 0 Å². The summed E-state index contributed by atoms with van der Waals surface area (Å²) >= 11 is 5.96. The summed E-state index contributed by atoms with van der Waals surface area (Å²) in [6.07, 6.45) is 2.54. The van der Waals surface area contributed by atoms with Crippen molar-refractivity contribution in [3.05, 3.63) is 131 Å². The third kappa shape index (κ3) is 4.86. The van der Waals surface area contributed by atoms with Crippen LogP contribution < -0.4 is 5.01 Å². The summed E-state index contributed by atoms with van der Waals surface area (Å²) in [4.78, 5) is 4.62. The van der Waals surface area contributed by atoms with Crippen LogP contribution in [0.25, 0.3) is 0 Å². The number of hydrogen-bond donors (Lipinski definition) is 0. The van der Waals surface area contributed by atoms with Crippen LogP contribution in [0.2, 0.25) is 5.02 Å². The van der Waals surface area contributed by atoms with Crippen molar-refractivity contribution in [1.82, 2.24) is 0 Å². The van der Waals surface area contributed by atoms with Gasteiger partial charge in [-0.1, -0.05) is 66.2 Å². The predicted octanol–water partition coefficient (Wildman–Crippen LogP) is 7.59. The Hall–Kier alpha value is -3.76. The van der Waals surface area contributed by atoms with Gasteiger partial charge in [-0.15, -0.1) is 0 Å². The van der Waals surface area contributed by atoms with Crippen molar-refractivity contribution in [2.24, 2.45) is 10.1 Å². The molecule has 0 saturated heterocycles. The zero-order chi connectivity index (χ0) is 22.6. The Morgan fingerprint density at radius 2 is 1.64 bits per heavy atom. The number of hydrogen-bond acceptors (Lipinski definition) is 3. The monoisotopic (exact) mass is 453 g/mol. The molecule has 1 aliphatic rings. The largest absolute Gasteiger partial charge is 0.257 e. The lowest BCUT2D eigenvalue weighted by Crippen LogP contribution is -2.18. The van der Waals surface area contributed by atoms with E-state index in [9.17, 15) is 4.39 Å². The Morgan fingerprint density at radius 3 is 2.39 bits per heavy atom. The summed E-state index contributed by atoms with van der Waals surface area (Å²) in [6.45, 7) is 0. The van der Waals surface area contributed by atoms with Gasteiger partial charge in [-0.3, -0.25) is 10.0 Å². The van der Waals surface area contributed by atoms with E-state index in [0.717, 1.165) is 33.8 Å². The van der Waals surface area contributed by atoms with Crippen LogP contribution in [0.1, 0.15) is 29.2 Å². The van der Waals surface area contributed by atoms with E-state index in [1.807, 2.05) is 96.2 Å². The molecular weight excluding hydrogens is 433 g/mol. The van der Waals surface area contributed by atoms with Gasteiger partial charge < -0.3 is 0 Å². The Morgan fingerprint density at radius 1 is 0.879 bits per heavy atom. The quantitative estimate of drug-likeness (QED) is 0.286. The minimum absolute atomic E-state index is 0.00998. The summed E-state index contributed by atoms with van der Waals surface area (Å²) in [5.74, 6) is -0.240. The second-order valence-electron chi connectivity index (χ2n) is 7.86. The number of halogens is 2. The number of benzene rings is 4. The van der Waals surface area contributed by atoms with Crippen molar-refractivity contribution in [1.29, 1.82) is 0 Å². The lowest BCUT2D eigenvalue weighted by molar-refractivity contribution is 0.624. The van der Waals surface area contributed by atoms with E-state index in [4.69, 9.17) is 16.7 Å². The molecule has 0 radical (unpaired) electrons. The number of hydrazone groups is 1. The summed E-state index contributed by atoms with van der Waals surface area (Å²) in [6, 6.07) is 32.3. The third-order valence-corrected chi connectivity index (χ3v) is 5.85. The van der Waals surface area contributed by atoms with Gasteiger partial charge in [-0.25, -0.2) is 4.39 Å². The molecule has 5 rings (SSSR count). The molecule has 162 valence electrons. The Balaban J connectivity index is 1.45. The van der Waals surface area contributed by atoms with Gasteiger partial charge in [0.1, 0.15) is 5.82 Å². The van der Waals surface area contributed by atoms with Crippen molar-refractivity contribution in [2.75, 3.05) is 5.01 Å². The van der Waals surface area contributed by atoms with Gasteiger partial charge in [0, 0.05) is 17.7 Å². The highest BCUT2D eigenvalue weighted by Gasteiger charge is 2.30. The van der Waals surface area contributed by atoms with Crippen LogP contribution in [0.15, 0.2) is 113 Å². The van der Waals surface area contributed by atoms with E-state index in [-0.39, 0.29) is 11.9 Å². The van der Waals surface area contributed by atoms with Crippen LogP contribution in [0.4, 0.5) is 15.8 Å². The summed E-state index contributed by atoms with van der Waals surface area (Å²) < 4.78 is 13.5. The second-order valence-corrected chi connectivity index (χ2v) is 8.29. The van der Waals surface area contributed by atoms with Gasteiger partial charge in [0.05, 0.1) is 23.1 Å². The van der Waals surface area contributed by atoms with Crippen LogP contribution in [0.5, 0.6) is 0 Å². The highest BCUT2D eigenvalue weighted by molar-refractivity contribution is 6.30. The third-order valence-electron chi connectivity index (χ3n) is 5.60. The molecule has 4 aromatic carbocycles. The smallest absolute Gasteiger partial charge is 0.123 e. The fourth-order valence-electron chi connectivity index (χ4n) is 3.91. The Labute approximate surface area is 197 Å². The summed E-state index contributed by atoms with van der Waals surface area (Å²) in [7, 11) is 0. The number of aliphatic imine (C=N–C) groups is 1. The van der Waals surface area contributed by atoms with E-state index >= 15 is 0 Å². The normalized spacial score (nSPS) is 15.8. The first kappa shape index (κ1) is 21.1. The van der Waals surface area contributed by atoms with Crippen molar-refractivity contribution in [3.63, 3.8) is 0 Å². The summed E-state index contributed by atoms with van der Waals surface area (Å²) in [5, 5.41) is 7.69. The molecule has 1 atom stereocenters. The molecule has 0 bridgehead atoms. The molecule has 1 heterocycles. The lowest BCUT2D eigenvalue weighted by atomic mass is 9.98. The standard InChI is InChI=1S/C28H21ClFN3/c29-23-13-9-20(10-14-23)19-31-25-6-4-5-22(17-25)27-18-28(21-11-15-24(30)16-12-21)33(32-27)26-7-2-1-3-8-26/h1-17,19,28H,18H2. The first-order valence-electron chi connectivity index (χ1n) is 10.7. The van der Waals surface area contributed by atoms with Gasteiger partial charge in [0.2, 0.25) is 0 Å². The maximum absolute atomic E-state index is 13.5. The highest BCUT2D eigenvalue weighted by atomic mass is 35.5. The molecule has 5 heteroatoms. The van der Waals surface area contributed by atoms with E-state index < -0.39 is 0 Å². The van der Waals surface area contributed by atoms with Crippen LogP contribution in [0, 0.1) is 5.82 Å². The molecule has 1 unspecified atom stereocenters. The topological polar surface area (TPSA) is 28.0 Å². The number of rotatable bonds is 5. The van der Waals surface area contributed by atoms with E-state index in [0.29, 0.717) is 11.4 Å². The van der Waals surface area contributed by atoms with Gasteiger partial charge in [0.25, 0.3) is 0 Å². The highest BCUT2D eigenvalue weighted by Crippen LogP contribution is 2.37. The number of nitrogens with zero attached hydrogens (tertiary/aromatic N) is 3. The van der Waals surface area contributed by atoms with Crippen molar-refractivity contribution in [3.8, 4) is 0 Å². The molecule has 0 amide bonds. The first-order chi connectivity index (χ1) is 16.2. The number of para-hydroxylation sites is 1. The van der Waals surface area contributed by atoms with Crippen LogP contribution in [-0.4, -0.2) is 11.9 Å². The molecule has 0 aliphatic carbocycles. The average molecular weight is 454 g/mol. The van der Waals surface area contributed by atoms with Gasteiger partial charge in [-0.2, -0.15) is 5.10 Å². The molecule has 4 aromatic rings. The molecule has 1 aliphatic heterocycles. The maximum Gasteiger partial charge on any atom is 0.123 e. The molecular formula is C28H21ClFN3. The SMILES string of the molecule is Fc1ccc(C2CC(c3cccc(N=Cc4ccc(Cl)cc4)c3)=NN2c2ccccc2)cc1. The minimum atomic E-state index is -0.240. The maximum atomic E-state index is 13.5. The van der Waals surface area contributed by atoms with E-state index in [1.165, 1.54) is 12.1 Å². The van der Waals surface area contributed by atoms with Gasteiger partial charge >= 0.3 is 0 Å². The van der Waals surface area contributed by atoms with Crippen molar-refractivity contribution < 1.29 is 4.39 Å². The molecule has 0 N–H and O–H groups in total. The average Bonchev–Trinajstić information content (AvgIpc) is 3.31. The fourth-order valence-corrected chi connectivity index (χ4v) is 4.04. The molecule has 0 aromatic heterocycles. The molecule has 33 heavy (non-hydrogen) atoms. The van der Waals surface area contributed by atoms with Crippen molar-refractivity contribution >= 4 is 34.9 Å². The van der Waals surface area contributed by atoms with Gasteiger partial charge in [0.15, 0.2) is 0 Å². The van der Waals surface area contributed by atoms with Gasteiger partial charge in [-0.05, 0) is 65.2 Å². The van der Waals surface area contributed by atoms with Crippen LogP contribution in [-0.2, 0) is 0 Å². The Kier molecular flexibility index (Phi) is 6.01. The predicted molar refractivity (Wildman–Crippen MR) is 134 cm³/mol. The van der Waals surface area contributed by atoms with Crippen LogP contribution >= 0.6 is 11.6 Å². The number of anilines is 1. The second kappa shape index (κ2) is 9.39.